The molecule has 0 aliphatic carbocycles. The largest absolute Gasteiger partial charge is 1.00 e. The molecular weight excluding hydrogens is 231 g/mol. The fraction of sp³-hybridized carbons (Fsp3) is 0.625. The van der Waals surface area contributed by atoms with Crippen LogP contribution < -0.4 is 34.7 Å². The van der Waals surface area contributed by atoms with E-state index in [4.69, 9.17) is 15.0 Å². The molecule has 0 atom stereocenters. The van der Waals surface area contributed by atoms with Gasteiger partial charge in [0.15, 0.2) is 0 Å². The van der Waals surface area contributed by atoms with E-state index in [0.717, 1.165) is 0 Å². The van der Waals surface area contributed by atoms with Crippen LogP contribution >= 0.6 is 0 Å². The number of carbonyl (C=O) groups excluding carboxylic acids is 2. The van der Waals surface area contributed by atoms with Gasteiger partial charge in [0.05, 0.1) is 14.2 Å². The van der Waals surface area contributed by atoms with E-state index in [2.05, 4.69) is 9.47 Å². The Bertz CT molecular complexity index is 196. The van der Waals surface area contributed by atoms with Crippen LogP contribution in [-0.2, 0) is 19.1 Å². The SMILES string of the molecule is COC(=O)CCCC(=O)OC.O=C([O-])O.[Na+]. The van der Waals surface area contributed by atoms with Gasteiger partial charge < -0.3 is 24.5 Å². The minimum Gasteiger partial charge on any atom is -0.565 e. The van der Waals surface area contributed by atoms with Crippen LogP contribution in [0.3, 0.4) is 0 Å². The Morgan fingerprint density at radius 3 is 1.50 bits per heavy atom. The van der Waals surface area contributed by atoms with Crippen LogP contribution in [0, 0.1) is 0 Å². The molecule has 0 aliphatic rings. The van der Waals surface area contributed by atoms with Crippen molar-refractivity contribution in [1.29, 1.82) is 0 Å². The third kappa shape index (κ3) is 23.2. The number of ether oxygens (including phenoxy) is 2. The van der Waals surface area contributed by atoms with Gasteiger partial charge >= 0.3 is 41.5 Å². The van der Waals surface area contributed by atoms with Crippen LogP contribution in [0.2, 0.25) is 0 Å². The molecule has 0 aliphatic heterocycles. The quantitative estimate of drug-likeness (QED) is 0.401. The maximum absolute atomic E-state index is 10.5. The molecule has 88 valence electrons. The van der Waals surface area contributed by atoms with Crippen molar-refractivity contribution in [2.24, 2.45) is 0 Å². The molecule has 0 aromatic carbocycles. The number of rotatable bonds is 4. The van der Waals surface area contributed by atoms with Crippen molar-refractivity contribution in [3.63, 3.8) is 0 Å². The minimum atomic E-state index is -2.08. The zero-order valence-electron chi connectivity index (χ0n) is 9.52. The van der Waals surface area contributed by atoms with Gasteiger partial charge in [0.25, 0.3) is 0 Å². The van der Waals surface area contributed by atoms with Crippen LogP contribution in [0.5, 0.6) is 0 Å². The Morgan fingerprint density at radius 1 is 1.06 bits per heavy atom. The van der Waals surface area contributed by atoms with Crippen molar-refractivity contribution in [3.05, 3.63) is 0 Å². The topological polar surface area (TPSA) is 113 Å². The molecule has 0 fully saturated rings. The third-order valence-corrected chi connectivity index (χ3v) is 1.22. The van der Waals surface area contributed by atoms with E-state index in [1.165, 1.54) is 14.2 Å². The second-order valence-electron chi connectivity index (χ2n) is 2.27. The van der Waals surface area contributed by atoms with Crippen molar-refractivity contribution in [2.45, 2.75) is 19.3 Å². The number of hydrogen-bond acceptors (Lipinski definition) is 6. The Morgan fingerprint density at radius 2 is 1.31 bits per heavy atom. The predicted octanol–water partition coefficient (Wildman–Crippen LogP) is -3.61. The zero-order valence-corrected chi connectivity index (χ0v) is 11.5. The Kier molecular flexibility index (Phi) is 18.3. The first-order valence-corrected chi connectivity index (χ1v) is 3.97. The first-order chi connectivity index (χ1) is 6.93. The predicted molar refractivity (Wildman–Crippen MR) is 45.9 cm³/mol. The van der Waals surface area contributed by atoms with Crippen LogP contribution in [0.4, 0.5) is 4.79 Å². The van der Waals surface area contributed by atoms with E-state index in [1.807, 2.05) is 0 Å². The van der Waals surface area contributed by atoms with Crippen LogP contribution in [-0.4, -0.2) is 37.4 Å². The standard InChI is InChI=1S/C7H12O4.CH2O3.Na/c1-10-6(8)4-3-5-7(9)11-2;2-1(3)4;/h3-5H2,1-2H3;(H2,2,3,4);/q;;+1/p-1. The fourth-order valence-electron chi connectivity index (χ4n) is 0.581. The van der Waals surface area contributed by atoms with Crippen molar-refractivity contribution in [3.8, 4) is 0 Å². The van der Waals surface area contributed by atoms with E-state index < -0.39 is 6.16 Å². The van der Waals surface area contributed by atoms with Gasteiger partial charge in [0.1, 0.15) is 0 Å². The molecule has 16 heavy (non-hydrogen) atoms. The van der Waals surface area contributed by atoms with E-state index in [9.17, 15) is 9.59 Å². The molecule has 0 heterocycles. The Labute approximate surface area is 115 Å². The second kappa shape index (κ2) is 14.2. The van der Waals surface area contributed by atoms with E-state index >= 15 is 0 Å². The third-order valence-electron chi connectivity index (χ3n) is 1.22. The number of esters is 2. The molecular formula is C8H13NaO7. The summed E-state index contributed by atoms with van der Waals surface area (Å²) in [5.41, 5.74) is 0. The van der Waals surface area contributed by atoms with Gasteiger partial charge in [-0.3, -0.25) is 9.59 Å². The first kappa shape index (κ1) is 20.6. The zero-order chi connectivity index (χ0) is 12.3. The average molecular weight is 244 g/mol. The van der Waals surface area contributed by atoms with Crippen molar-refractivity contribution in [2.75, 3.05) is 14.2 Å². The molecule has 1 N–H and O–H groups in total. The number of hydrogen-bond donors (Lipinski definition) is 1. The maximum Gasteiger partial charge on any atom is 1.00 e. The molecule has 0 aromatic heterocycles. The first-order valence-electron chi connectivity index (χ1n) is 3.97. The van der Waals surface area contributed by atoms with Gasteiger partial charge in [-0.25, -0.2) is 0 Å². The smallest absolute Gasteiger partial charge is 0.565 e. The van der Waals surface area contributed by atoms with Crippen LogP contribution in [0.1, 0.15) is 19.3 Å². The van der Waals surface area contributed by atoms with Gasteiger partial charge in [-0.15, -0.1) is 0 Å². The Balaban J connectivity index is -0.000000292. The van der Waals surface area contributed by atoms with Gasteiger partial charge in [-0.05, 0) is 6.42 Å². The summed E-state index contributed by atoms with van der Waals surface area (Å²) in [4.78, 5) is 29.5. The number of carboxylic acid groups (broad SMARTS) is 2. The van der Waals surface area contributed by atoms with E-state index in [0.29, 0.717) is 6.42 Å². The van der Waals surface area contributed by atoms with Crippen molar-refractivity contribution < 1.29 is 63.6 Å². The van der Waals surface area contributed by atoms with E-state index in [1.54, 1.807) is 0 Å². The molecule has 0 rings (SSSR count). The van der Waals surface area contributed by atoms with Gasteiger partial charge in [0.2, 0.25) is 6.16 Å². The molecule has 0 unspecified atom stereocenters. The molecule has 0 aromatic rings. The monoisotopic (exact) mass is 244 g/mol. The summed E-state index contributed by atoms with van der Waals surface area (Å²) in [7, 11) is 2.64. The summed E-state index contributed by atoms with van der Waals surface area (Å²) < 4.78 is 8.75. The molecule has 0 amide bonds. The molecule has 0 saturated carbocycles. The summed E-state index contributed by atoms with van der Waals surface area (Å²) in [5, 5.41) is 15.3. The summed E-state index contributed by atoms with van der Waals surface area (Å²) in [6.45, 7) is 0. The number of carbonyl (C=O) groups is 3. The fourth-order valence-corrected chi connectivity index (χ4v) is 0.581. The van der Waals surface area contributed by atoms with Gasteiger partial charge in [0, 0.05) is 12.8 Å². The molecule has 8 heteroatoms. The summed E-state index contributed by atoms with van der Waals surface area (Å²) >= 11 is 0. The molecule has 7 nitrogen and oxygen atoms in total. The Hall–Kier alpha value is -0.790. The molecule has 0 bridgehead atoms. The van der Waals surface area contributed by atoms with Crippen molar-refractivity contribution in [1.82, 2.24) is 0 Å². The molecule has 0 spiro atoms. The maximum atomic E-state index is 10.5. The van der Waals surface area contributed by atoms with Crippen LogP contribution in [0.15, 0.2) is 0 Å². The van der Waals surface area contributed by atoms with E-state index in [-0.39, 0.29) is 54.3 Å². The minimum absolute atomic E-state index is 0. The van der Waals surface area contributed by atoms with Crippen LogP contribution in [0.25, 0.3) is 0 Å². The molecule has 0 radical (unpaired) electrons. The summed E-state index contributed by atoms with van der Waals surface area (Å²) in [6.07, 6.45) is -1.06. The van der Waals surface area contributed by atoms with Crippen molar-refractivity contribution >= 4 is 18.1 Å². The average Bonchev–Trinajstić information content (AvgIpc) is 2.16. The summed E-state index contributed by atoms with van der Waals surface area (Å²) in [5.74, 6) is -0.595. The van der Waals surface area contributed by atoms with Gasteiger partial charge in [-0.2, -0.15) is 0 Å². The molecule has 0 saturated heterocycles. The normalized spacial score (nSPS) is 7.62. The van der Waals surface area contributed by atoms with Gasteiger partial charge in [-0.1, -0.05) is 0 Å². The number of methoxy groups -OCH3 is 2. The summed E-state index contributed by atoms with van der Waals surface area (Å²) in [6, 6.07) is 0. The second-order valence-corrected chi connectivity index (χ2v) is 2.27.